The summed E-state index contributed by atoms with van der Waals surface area (Å²) in [4.78, 5) is 24.0. The number of carbonyl (C=O) groups is 2. The topological polar surface area (TPSA) is 58.2 Å². The smallest absolute Gasteiger partial charge is 0.253 e. The molecule has 1 aromatic carbocycles. The Morgan fingerprint density at radius 3 is 2.52 bits per heavy atom. The van der Waals surface area contributed by atoms with Crippen LogP contribution in [0.3, 0.4) is 0 Å². The lowest BCUT2D eigenvalue weighted by Gasteiger charge is -2.17. The van der Waals surface area contributed by atoms with E-state index in [-0.39, 0.29) is 23.3 Å². The van der Waals surface area contributed by atoms with Crippen molar-refractivity contribution in [1.29, 1.82) is 0 Å². The molecule has 0 unspecified atom stereocenters. The van der Waals surface area contributed by atoms with E-state index in [4.69, 9.17) is 11.6 Å². The van der Waals surface area contributed by atoms with Crippen LogP contribution in [0, 0.1) is 5.41 Å². The number of hydrogen-bond acceptors (Lipinski definition) is 2. The van der Waals surface area contributed by atoms with E-state index in [2.05, 4.69) is 10.6 Å². The number of carbonyl (C=O) groups excluding carboxylic acids is 2. The van der Waals surface area contributed by atoms with Crippen LogP contribution < -0.4 is 10.6 Å². The summed E-state index contributed by atoms with van der Waals surface area (Å²) in [6.07, 6.45) is 2.45. The summed E-state index contributed by atoms with van der Waals surface area (Å²) < 4.78 is 0. The number of anilines is 1. The molecule has 0 aromatic heterocycles. The number of hydrogen-bond donors (Lipinski definition) is 2. The average Bonchev–Trinajstić information content (AvgIpc) is 3.13. The molecule has 0 atom stereocenters. The van der Waals surface area contributed by atoms with Crippen molar-refractivity contribution in [2.45, 2.75) is 46.1 Å². The third-order valence-electron chi connectivity index (χ3n) is 3.10. The Morgan fingerprint density at radius 2 is 1.95 bits per heavy atom. The molecule has 0 radical (unpaired) electrons. The molecular formula is C16H21ClN2O2. The fourth-order valence-corrected chi connectivity index (χ4v) is 2.16. The van der Waals surface area contributed by atoms with Gasteiger partial charge in [0.05, 0.1) is 10.6 Å². The van der Waals surface area contributed by atoms with Crippen LogP contribution in [0.25, 0.3) is 0 Å². The van der Waals surface area contributed by atoms with Gasteiger partial charge in [-0.3, -0.25) is 9.59 Å². The van der Waals surface area contributed by atoms with Crippen LogP contribution in [0.15, 0.2) is 18.2 Å². The molecule has 1 aliphatic carbocycles. The quantitative estimate of drug-likeness (QED) is 0.892. The molecule has 2 rings (SSSR count). The maximum absolute atomic E-state index is 12.1. The number of nitrogens with one attached hydrogen (secondary N) is 2. The van der Waals surface area contributed by atoms with Gasteiger partial charge in [0, 0.05) is 18.2 Å². The minimum absolute atomic E-state index is 0.0710. The molecule has 0 saturated heterocycles. The maximum atomic E-state index is 12.1. The first-order valence-electron chi connectivity index (χ1n) is 7.15. The fourth-order valence-electron chi connectivity index (χ4n) is 1.95. The second-order valence-corrected chi connectivity index (χ2v) is 7.14. The van der Waals surface area contributed by atoms with Crippen molar-refractivity contribution in [1.82, 2.24) is 5.32 Å². The van der Waals surface area contributed by atoms with E-state index in [1.165, 1.54) is 0 Å². The average molecular weight is 309 g/mol. The maximum Gasteiger partial charge on any atom is 0.253 e. The van der Waals surface area contributed by atoms with E-state index < -0.39 is 0 Å². The van der Waals surface area contributed by atoms with Crippen molar-refractivity contribution in [2.75, 3.05) is 5.32 Å². The first-order chi connectivity index (χ1) is 9.74. The Kier molecular flexibility index (Phi) is 4.57. The van der Waals surface area contributed by atoms with E-state index in [0.717, 1.165) is 12.8 Å². The van der Waals surface area contributed by atoms with Crippen LogP contribution in [0.5, 0.6) is 0 Å². The van der Waals surface area contributed by atoms with E-state index in [1.807, 2.05) is 20.8 Å². The first kappa shape index (κ1) is 15.8. The number of benzene rings is 1. The molecule has 0 bridgehead atoms. The lowest BCUT2D eigenvalue weighted by atomic mass is 9.92. The minimum atomic E-state index is -0.186. The summed E-state index contributed by atoms with van der Waals surface area (Å²) in [5.41, 5.74) is 0.912. The molecule has 0 heterocycles. The summed E-state index contributed by atoms with van der Waals surface area (Å²) in [6.45, 7) is 6.01. The van der Waals surface area contributed by atoms with Gasteiger partial charge in [-0.1, -0.05) is 32.4 Å². The third-order valence-corrected chi connectivity index (χ3v) is 3.43. The Bertz CT molecular complexity index is 560. The Hall–Kier alpha value is -1.55. The van der Waals surface area contributed by atoms with Crippen molar-refractivity contribution < 1.29 is 9.59 Å². The van der Waals surface area contributed by atoms with E-state index in [0.29, 0.717) is 22.7 Å². The van der Waals surface area contributed by atoms with Crippen molar-refractivity contribution in [2.24, 2.45) is 5.41 Å². The molecule has 1 fully saturated rings. The molecular weight excluding hydrogens is 288 g/mol. The van der Waals surface area contributed by atoms with Crippen LogP contribution in [0.4, 0.5) is 5.69 Å². The summed E-state index contributed by atoms with van der Waals surface area (Å²) in [7, 11) is 0. The molecule has 1 saturated carbocycles. The largest absolute Gasteiger partial charge is 0.349 e. The molecule has 114 valence electrons. The molecule has 4 nitrogen and oxygen atoms in total. The first-order valence-corrected chi connectivity index (χ1v) is 7.53. The molecule has 1 aliphatic rings. The highest BCUT2D eigenvalue weighted by atomic mass is 35.5. The molecule has 21 heavy (non-hydrogen) atoms. The Balaban J connectivity index is 2.07. The lowest BCUT2D eigenvalue weighted by molar-refractivity contribution is -0.117. The van der Waals surface area contributed by atoms with Crippen LogP contribution in [-0.2, 0) is 4.79 Å². The summed E-state index contributed by atoms with van der Waals surface area (Å²) in [5, 5.41) is 6.10. The van der Waals surface area contributed by atoms with Gasteiger partial charge in [0.2, 0.25) is 5.91 Å². The highest BCUT2D eigenvalue weighted by Gasteiger charge is 2.25. The number of rotatable bonds is 4. The summed E-state index contributed by atoms with van der Waals surface area (Å²) in [6, 6.07) is 5.24. The van der Waals surface area contributed by atoms with Crippen LogP contribution in [0.2, 0.25) is 5.02 Å². The van der Waals surface area contributed by atoms with Crippen LogP contribution >= 0.6 is 11.6 Å². The molecule has 2 amide bonds. The minimum Gasteiger partial charge on any atom is -0.349 e. The summed E-state index contributed by atoms with van der Waals surface area (Å²) >= 11 is 6.06. The van der Waals surface area contributed by atoms with Gasteiger partial charge < -0.3 is 10.6 Å². The van der Waals surface area contributed by atoms with E-state index >= 15 is 0 Å². The van der Waals surface area contributed by atoms with Crippen molar-refractivity contribution in [3.8, 4) is 0 Å². The predicted octanol–water partition coefficient (Wildman–Crippen LogP) is 3.61. The van der Waals surface area contributed by atoms with Gasteiger partial charge in [-0.25, -0.2) is 0 Å². The highest BCUT2D eigenvalue weighted by Crippen LogP contribution is 2.25. The molecule has 1 aromatic rings. The third kappa shape index (κ3) is 5.05. The Morgan fingerprint density at radius 1 is 1.29 bits per heavy atom. The van der Waals surface area contributed by atoms with Gasteiger partial charge in [0.1, 0.15) is 0 Å². The van der Waals surface area contributed by atoms with Gasteiger partial charge in [0.25, 0.3) is 5.91 Å². The highest BCUT2D eigenvalue weighted by molar-refractivity contribution is 6.34. The second-order valence-electron chi connectivity index (χ2n) is 6.73. The normalized spacial score (nSPS) is 14.7. The number of amides is 2. The lowest BCUT2D eigenvalue weighted by Crippen LogP contribution is -2.26. The molecule has 0 aliphatic heterocycles. The van der Waals surface area contributed by atoms with Gasteiger partial charge in [-0.2, -0.15) is 0 Å². The van der Waals surface area contributed by atoms with Gasteiger partial charge >= 0.3 is 0 Å². The number of halogens is 1. The van der Waals surface area contributed by atoms with E-state index in [1.54, 1.807) is 18.2 Å². The van der Waals surface area contributed by atoms with Crippen LogP contribution in [-0.4, -0.2) is 17.9 Å². The molecule has 5 heteroatoms. The Labute approximate surface area is 130 Å². The second kappa shape index (κ2) is 6.06. The summed E-state index contributed by atoms with van der Waals surface area (Å²) in [5.74, 6) is -0.257. The van der Waals surface area contributed by atoms with Crippen molar-refractivity contribution in [3.63, 3.8) is 0 Å². The molecule has 2 N–H and O–H groups in total. The SMILES string of the molecule is CC(C)(C)CC(=O)Nc1ccc(Cl)c(C(=O)NC2CC2)c1. The fraction of sp³-hybridized carbons (Fsp3) is 0.500. The molecule has 0 spiro atoms. The predicted molar refractivity (Wildman–Crippen MR) is 84.6 cm³/mol. The zero-order valence-electron chi connectivity index (χ0n) is 12.6. The zero-order chi connectivity index (χ0) is 15.6. The van der Waals surface area contributed by atoms with Crippen LogP contribution in [0.1, 0.15) is 50.4 Å². The van der Waals surface area contributed by atoms with E-state index in [9.17, 15) is 9.59 Å². The van der Waals surface area contributed by atoms with Crippen molar-refractivity contribution >= 4 is 29.1 Å². The zero-order valence-corrected chi connectivity index (χ0v) is 13.4. The van der Waals surface area contributed by atoms with Gasteiger partial charge in [0.15, 0.2) is 0 Å². The van der Waals surface area contributed by atoms with Crippen molar-refractivity contribution in [3.05, 3.63) is 28.8 Å². The van der Waals surface area contributed by atoms with Gasteiger partial charge in [-0.15, -0.1) is 0 Å². The monoisotopic (exact) mass is 308 g/mol. The van der Waals surface area contributed by atoms with Gasteiger partial charge in [-0.05, 0) is 36.5 Å². The standard InChI is InChI=1S/C16H21ClN2O2/c1-16(2,3)9-14(20)18-11-6-7-13(17)12(8-11)15(21)19-10-4-5-10/h6-8,10H,4-5,9H2,1-3H3,(H,18,20)(H,19,21).